The Balaban J connectivity index is 1.55. The molecule has 0 bridgehead atoms. The van der Waals surface area contributed by atoms with Crippen LogP contribution >= 0.6 is 0 Å². The number of nitrogens with zero attached hydrogens (tertiary/aromatic N) is 4. The molecule has 0 atom stereocenters. The van der Waals surface area contributed by atoms with Gasteiger partial charge in [0.2, 0.25) is 11.9 Å². The van der Waals surface area contributed by atoms with Crippen molar-refractivity contribution in [2.75, 3.05) is 37.3 Å². The Morgan fingerprint density at radius 1 is 1.16 bits per heavy atom. The number of hydrogen-bond acceptors (Lipinski definition) is 5. The van der Waals surface area contributed by atoms with Gasteiger partial charge < -0.3 is 20.1 Å². The second kappa shape index (κ2) is 9.64. The van der Waals surface area contributed by atoms with Crippen LogP contribution in [0.25, 0.3) is 22.7 Å². The van der Waals surface area contributed by atoms with Crippen molar-refractivity contribution in [1.29, 1.82) is 0 Å². The maximum Gasteiger partial charge on any atom is 0.246 e. The predicted molar refractivity (Wildman–Crippen MR) is 127 cm³/mol. The lowest BCUT2D eigenvalue weighted by atomic mass is 10.1. The molecular weight excluding hydrogens is 388 g/mol. The zero-order valence-electron chi connectivity index (χ0n) is 18.3. The number of anilines is 2. The third-order valence-corrected chi connectivity index (χ3v) is 5.55. The van der Waals surface area contributed by atoms with Crippen molar-refractivity contribution in [3.63, 3.8) is 0 Å². The largest absolute Gasteiger partial charge is 0.369 e. The number of nitrogens with one attached hydrogen (secondary N) is 2. The Morgan fingerprint density at radius 3 is 2.77 bits per heavy atom. The van der Waals surface area contributed by atoms with Crippen LogP contribution in [0.1, 0.15) is 38.2 Å². The molecule has 162 valence electrons. The molecule has 0 aliphatic carbocycles. The van der Waals surface area contributed by atoms with Crippen LogP contribution in [0.3, 0.4) is 0 Å². The average Bonchev–Trinajstić information content (AvgIpc) is 3.30. The average molecular weight is 419 g/mol. The Labute approximate surface area is 183 Å². The minimum Gasteiger partial charge on any atom is -0.369 e. The summed E-state index contributed by atoms with van der Waals surface area (Å²) in [5, 5.41) is 7.42. The zero-order chi connectivity index (χ0) is 21.6. The number of benzene rings is 1. The van der Waals surface area contributed by atoms with Gasteiger partial charge in [-0.1, -0.05) is 6.92 Å². The van der Waals surface area contributed by atoms with Gasteiger partial charge >= 0.3 is 0 Å². The molecule has 0 unspecified atom stereocenters. The van der Waals surface area contributed by atoms with E-state index >= 15 is 0 Å². The first kappa shape index (κ1) is 20.9. The van der Waals surface area contributed by atoms with Crippen molar-refractivity contribution in [3.05, 3.63) is 48.3 Å². The molecule has 1 aliphatic heterocycles. The number of carbonyl (C=O) groups is 1. The minimum absolute atomic E-state index is 0.0987. The van der Waals surface area contributed by atoms with Gasteiger partial charge in [0, 0.05) is 56.2 Å². The summed E-state index contributed by atoms with van der Waals surface area (Å²) < 4.78 is 2.05. The normalized spacial score (nSPS) is 14.3. The number of carbonyl (C=O) groups excluding carboxylic acids is 1. The highest BCUT2D eigenvalue weighted by Crippen LogP contribution is 2.25. The topological polar surface area (TPSA) is 75.1 Å². The van der Waals surface area contributed by atoms with Crippen LogP contribution in [0, 0.1) is 0 Å². The quantitative estimate of drug-likeness (QED) is 0.559. The highest BCUT2D eigenvalue weighted by atomic mass is 16.2. The molecule has 4 rings (SSSR count). The van der Waals surface area contributed by atoms with Gasteiger partial charge in [0.05, 0.1) is 5.52 Å². The molecule has 0 spiro atoms. The second-order valence-corrected chi connectivity index (χ2v) is 7.85. The highest BCUT2D eigenvalue weighted by Gasteiger charge is 2.14. The fourth-order valence-corrected chi connectivity index (χ4v) is 3.83. The molecule has 31 heavy (non-hydrogen) atoms. The van der Waals surface area contributed by atoms with E-state index in [1.807, 2.05) is 41.1 Å². The first-order chi connectivity index (χ1) is 15.2. The fourth-order valence-electron chi connectivity index (χ4n) is 3.83. The molecule has 3 aromatic rings. The number of hydrogen-bond donors (Lipinski definition) is 2. The van der Waals surface area contributed by atoms with Gasteiger partial charge in [-0.15, -0.1) is 0 Å². The summed E-state index contributed by atoms with van der Waals surface area (Å²) in [5.74, 6) is 1.53. The molecular formula is C24H30N6O. The summed E-state index contributed by atoms with van der Waals surface area (Å²) in [7, 11) is 1.82. The third-order valence-electron chi connectivity index (χ3n) is 5.55. The maximum atomic E-state index is 12.4. The number of amides is 1. The molecule has 1 fully saturated rings. The van der Waals surface area contributed by atoms with Crippen LogP contribution in [-0.2, 0) is 4.79 Å². The van der Waals surface area contributed by atoms with Gasteiger partial charge in [-0.25, -0.2) is 4.98 Å². The Morgan fingerprint density at radius 2 is 2.00 bits per heavy atom. The van der Waals surface area contributed by atoms with Crippen LogP contribution in [0.15, 0.2) is 42.7 Å². The van der Waals surface area contributed by atoms with Crippen molar-refractivity contribution < 1.29 is 4.79 Å². The van der Waals surface area contributed by atoms with Crippen molar-refractivity contribution in [2.24, 2.45) is 0 Å². The van der Waals surface area contributed by atoms with E-state index in [9.17, 15) is 4.79 Å². The molecule has 0 saturated carbocycles. The molecule has 1 amide bonds. The van der Waals surface area contributed by atoms with Crippen LogP contribution in [0.2, 0.25) is 0 Å². The maximum absolute atomic E-state index is 12.4. The van der Waals surface area contributed by atoms with E-state index < -0.39 is 0 Å². The number of rotatable bonds is 7. The van der Waals surface area contributed by atoms with Gasteiger partial charge in [-0.2, -0.15) is 4.98 Å². The molecule has 2 aromatic heterocycles. The van der Waals surface area contributed by atoms with E-state index in [1.165, 1.54) is 6.42 Å². The van der Waals surface area contributed by atoms with Crippen molar-refractivity contribution in [3.8, 4) is 5.69 Å². The molecule has 2 N–H and O–H groups in total. The summed E-state index contributed by atoms with van der Waals surface area (Å²) >= 11 is 0. The van der Waals surface area contributed by atoms with Gasteiger partial charge in [-0.3, -0.25) is 4.79 Å². The Bertz CT molecular complexity index is 1080. The van der Waals surface area contributed by atoms with E-state index in [2.05, 4.69) is 45.7 Å². The predicted octanol–water partition coefficient (Wildman–Crippen LogP) is 4.31. The fraction of sp³-hybridized carbons (Fsp3) is 0.375. The van der Waals surface area contributed by atoms with Crippen LogP contribution in [-0.4, -0.2) is 52.0 Å². The standard InChI is InChI=1S/C24H30N6O/c1-3-12-26-23-20-9-8-19(16-21(20)27-24(25-2)28-23)30-15-11-18(17-30)7-10-22(31)29-13-5-4-6-14-29/h7-11,15-17H,3-6,12-14H2,1-2H3,(H2,25,26,27,28)/b10-7+. The SMILES string of the molecule is CCCNc1nc(NC)nc2cc(-n3ccc(/C=C/C(=O)N4CCCCC4)c3)ccc12. The summed E-state index contributed by atoms with van der Waals surface area (Å²) in [6.45, 7) is 4.73. The van der Waals surface area contributed by atoms with E-state index in [0.29, 0.717) is 5.95 Å². The van der Waals surface area contributed by atoms with Crippen molar-refractivity contribution in [2.45, 2.75) is 32.6 Å². The van der Waals surface area contributed by atoms with Gasteiger partial charge in [0.25, 0.3) is 0 Å². The molecule has 0 radical (unpaired) electrons. The van der Waals surface area contributed by atoms with Crippen molar-refractivity contribution in [1.82, 2.24) is 19.4 Å². The van der Waals surface area contributed by atoms with Gasteiger partial charge in [-0.05, 0) is 61.6 Å². The third kappa shape index (κ3) is 4.87. The monoisotopic (exact) mass is 418 g/mol. The van der Waals surface area contributed by atoms with Gasteiger partial charge in [0.1, 0.15) is 5.82 Å². The molecule has 7 heteroatoms. The Hall–Kier alpha value is -3.35. The van der Waals surface area contributed by atoms with Gasteiger partial charge in [0.15, 0.2) is 0 Å². The lowest BCUT2D eigenvalue weighted by molar-refractivity contribution is -0.126. The molecule has 3 heterocycles. The van der Waals surface area contributed by atoms with Crippen LogP contribution < -0.4 is 10.6 Å². The summed E-state index contributed by atoms with van der Waals surface area (Å²) in [5.41, 5.74) is 2.88. The van der Waals surface area contributed by atoms with E-state index in [1.54, 1.807) is 6.08 Å². The summed E-state index contributed by atoms with van der Waals surface area (Å²) in [6.07, 6.45) is 12.1. The lowest BCUT2D eigenvalue weighted by Crippen LogP contribution is -2.34. The minimum atomic E-state index is 0.0987. The smallest absolute Gasteiger partial charge is 0.246 e. The number of likely N-dealkylation sites (tertiary alicyclic amines) is 1. The van der Waals surface area contributed by atoms with E-state index in [0.717, 1.165) is 66.9 Å². The van der Waals surface area contributed by atoms with E-state index in [-0.39, 0.29) is 5.91 Å². The van der Waals surface area contributed by atoms with Crippen LogP contribution in [0.4, 0.5) is 11.8 Å². The molecule has 1 aromatic carbocycles. The summed E-state index contributed by atoms with van der Waals surface area (Å²) in [4.78, 5) is 23.5. The molecule has 1 saturated heterocycles. The molecule has 1 aliphatic rings. The Kier molecular flexibility index (Phi) is 6.50. The lowest BCUT2D eigenvalue weighted by Gasteiger charge is -2.25. The number of piperidine rings is 1. The van der Waals surface area contributed by atoms with Crippen molar-refractivity contribution >= 4 is 34.7 Å². The zero-order valence-corrected chi connectivity index (χ0v) is 18.3. The highest BCUT2D eigenvalue weighted by molar-refractivity contribution is 5.92. The first-order valence-corrected chi connectivity index (χ1v) is 11.1. The molecule has 7 nitrogen and oxygen atoms in total. The van der Waals surface area contributed by atoms with Crippen LogP contribution in [0.5, 0.6) is 0 Å². The second-order valence-electron chi connectivity index (χ2n) is 7.85. The first-order valence-electron chi connectivity index (χ1n) is 11.1. The summed E-state index contributed by atoms with van der Waals surface area (Å²) in [6, 6.07) is 8.19. The number of aromatic nitrogens is 3. The van der Waals surface area contributed by atoms with E-state index in [4.69, 9.17) is 0 Å². The number of fused-ring (bicyclic) bond motifs is 1.